The predicted molar refractivity (Wildman–Crippen MR) is 43.4 cm³/mol. The minimum Gasteiger partial charge on any atom is -0.472 e. The van der Waals surface area contributed by atoms with Crippen molar-refractivity contribution in [3.63, 3.8) is 0 Å². The molecule has 0 fully saturated rings. The molecule has 0 aliphatic rings. The van der Waals surface area contributed by atoms with Crippen LogP contribution in [0.25, 0.3) is 0 Å². The highest BCUT2D eigenvalue weighted by Crippen LogP contribution is 2.20. The minimum absolute atomic E-state index is 0.236. The van der Waals surface area contributed by atoms with Crippen molar-refractivity contribution in [2.45, 2.75) is 32.3 Å². The number of hydrogen-bond acceptors (Lipinski definition) is 2. The first-order valence-corrected chi connectivity index (χ1v) is 3.90. The molecule has 1 aromatic rings. The van der Waals surface area contributed by atoms with E-state index in [0.717, 1.165) is 12.0 Å². The molecule has 1 N–H and O–H groups in total. The highest BCUT2D eigenvalue weighted by atomic mass is 16.3. The fourth-order valence-electron chi connectivity index (χ4n) is 1.20. The summed E-state index contributed by atoms with van der Waals surface area (Å²) < 4.78 is 4.94. The lowest BCUT2D eigenvalue weighted by Gasteiger charge is -2.10. The lowest BCUT2D eigenvalue weighted by Crippen LogP contribution is -2.04. The molecule has 1 aromatic heterocycles. The summed E-state index contributed by atoms with van der Waals surface area (Å²) in [5, 5.41) is 9.09. The Labute approximate surface area is 66.8 Å². The Morgan fingerprint density at radius 2 is 2.27 bits per heavy atom. The Bertz CT molecular complexity index is 189. The van der Waals surface area contributed by atoms with Crippen LogP contribution in [0.4, 0.5) is 0 Å². The first kappa shape index (κ1) is 8.34. The van der Waals surface area contributed by atoms with Gasteiger partial charge >= 0.3 is 0 Å². The van der Waals surface area contributed by atoms with Gasteiger partial charge in [-0.05, 0) is 30.9 Å². The molecule has 62 valence electrons. The van der Waals surface area contributed by atoms with Crippen LogP contribution in [-0.4, -0.2) is 11.2 Å². The molecule has 0 aliphatic carbocycles. The maximum Gasteiger partial charge on any atom is 0.0937 e. The molecule has 0 saturated carbocycles. The molecule has 1 heterocycles. The number of hydrogen-bond donors (Lipinski definition) is 1. The summed E-state index contributed by atoms with van der Waals surface area (Å²) in [6, 6.07) is 1.94. The lowest BCUT2D eigenvalue weighted by atomic mass is 9.98. The van der Waals surface area contributed by atoms with E-state index in [1.807, 2.05) is 6.07 Å². The Morgan fingerprint density at radius 1 is 1.55 bits per heavy atom. The van der Waals surface area contributed by atoms with E-state index in [-0.39, 0.29) is 6.10 Å². The maximum atomic E-state index is 9.09. The molecule has 2 nitrogen and oxygen atoms in total. The summed E-state index contributed by atoms with van der Waals surface area (Å²) in [5.41, 5.74) is 1.16. The summed E-state index contributed by atoms with van der Waals surface area (Å²) in [6.07, 6.45) is 3.94. The lowest BCUT2D eigenvalue weighted by molar-refractivity contribution is 0.176. The Kier molecular flexibility index (Phi) is 2.71. The second-order valence-electron chi connectivity index (χ2n) is 3.04. The van der Waals surface area contributed by atoms with Crippen LogP contribution in [0.1, 0.15) is 31.7 Å². The van der Waals surface area contributed by atoms with Crippen LogP contribution in [0.5, 0.6) is 0 Å². The van der Waals surface area contributed by atoms with E-state index >= 15 is 0 Å². The van der Waals surface area contributed by atoms with Crippen molar-refractivity contribution in [2.24, 2.45) is 0 Å². The van der Waals surface area contributed by atoms with Crippen LogP contribution in [0, 0.1) is 0 Å². The van der Waals surface area contributed by atoms with Gasteiger partial charge in [0.05, 0.1) is 18.6 Å². The van der Waals surface area contributed by atoms with Gasteiger partial charge in [0.25, 0.3) is 0 Å². The summed E-state index contributed by atoms with van der Waals surface area (Å²) in [4.78, 5) is 0. The van der Waals surface area contributed by atoms with Gasteiger partial charge in [0.2, 0.25) is 0 Å². The maximum absolute atomic E-state index is 9.09. The van der Waals surface area contributed by atoms with Gasteiger partial charge in [-0.2, -0.15) is 0 Å². The first-order valence-electron chi connectivity index (χ1n) is 3.90. The molecule has 0 radical (unpaired) electrons. The van der Waals surface area contributed by atoms with Gasteiger partial charge < -0.3 is 9.52 Å². The van der Waals surface area contributed by atoms with Gasteiger partial charge in [0.1, 0.15) is 0 Å². The normalized spacial score (nSPS) is 16.3. The summed E-state index contributed by atoms with van der Waals surface area (Å²) >= 11 is 0. The summed E-state index contributed by atoms with van der Waals surface area (Å²) in [7, 11) is 0. The second kappa shape index (κ2) is 3.58. The van der Waals surface area contributed by atoms with Crippen LogP contribution in [0.2, 0.25) is 0 Å². The summed E-state index contributed by atoms with van der Waals surface area (Å²) in [5.74, 6) is 0.383. The van der Waals surface area contributed by atoms with Crippen LogP contribution < -0.4 is 0 Å². The average molecular weight is 154 g/mol. The van der Waals surface area contributed by atoms with Crippen molar-refractivity contribution in [1.82, 2.24) is 0 Å². The van der Waals surface area contributed by atoms with Crippen molar-refractivity contribution in [3.8, 4) is 0 Å². The average Bonchev–Trinajstić information content (AvgIpc) is 2.35. The molecule has 0 aliphatic heterocycles. The molecule has 0 amide bonds. The van der Waals surface area contributed by atoms with Crippen molar-refractivity contribution in [2.75, 3.05) is 0 Å². The zero-order valence-electron chi connectivity index (χ0n) is 6.95. The van der Waals surface area contributed by atoms with Crippen LogP contribution in [0.3, 0.4) is 0 Å². The quantitative estimate of drug-likeness (QED) is 0.723. The van der Waals surface area contributed by atoms with Crippen LogP contribution >= 0.6 is 0 Å². The molecule has 0 aromatic carbocycles. The van der Waals surface area contributed by atoms with Crippen molar-refractivity contribution in [3.05, 3.63) is 24.2 Å². The molecule has 0 saturated heterocycles. The van der Waals surface area contributed by atoms with E-state index < -0.39 is 0 Å². The van der Waals surface area contributed by atoms with E-state index in [1.54, 1.807) is 19.5 Å². The molecule has 2 heteroatoms. The van der Waals surface area contributed by atoms with E-state index in [0.29, 0.717) is 5.92 Å². The molecule has 2 unspecified atom stereocenters. The molecule has 1 rings (SSSR count). The first-order chi connectivity index (χ1) is 5.20. The van der Waals surface area contributed by atoms with Crippen molar-refractivity contribution >= 4 is 0 Å². The SMILES string of the molecule is CC(O)CC(C)c1ccoc1. The number of rotatable bonds is 3. The van der Waals surface area contributed by atoms with Gasteiger partial charge in [-0.1, -0.05) is 6.92 Å². The zero-order chi connectivity index (χ0) is 8.27. The monoisotopic (exact) mass is 154 g/mol. The summed E-state index contributed by atoms with van der Waals surface area (Å²) in [6.45, 7) is 3.88. The van der Waals surface area contributed by atoms with Gasteiger partial charge in [-0.25, -0.2) is 0 Å². The van der Waals surface area contributed by atoms with E-state index in [4.69, 9.17) is 9.52 Å². The van der Waals surface area contributed by atoms with Crippen molar-refractivity contribution in [1.29, 1.82) is 0 Å². The van der Waals surface area contributed by atoms with Crippen molar-refractivity contribution < 1.29 is 9.52 Å². The Balaban J connectivity index is 2.49. The van der Waals surface area contributed by atoms with E-state index in [1.165, 1.54) is 0 Å². The highest BCUT2D eigenvalue weighted by molar-refractivity contribution is 5.11. The fraction of sp³-hybridized carbons (Fsp3) is 0.556. The molecular weight excluding hydrogens is 140 g/mol. The largest absolute Gasteiger partial charge is 0.472 e. The topological polar surface area (TPSA) is 33.4 Å². The van der Waals surface area contributed by atoms with Gasteiger partial charge in [-0.15, -0.1) is 0 Å². The predicted octanol–water partition coefficient (Wildman–Crippen LogP) is 2.15. The fourth-order valence-corrected chi connectivity index (χ4v) is 1.20. The van der Waals surface area contributed by atoms with E-state index in [2.05, 4.69) is 6.92 Å². The molecule has 0 bridgehead atoms. The number of aliphatic hydroxyl groups is 1. The molecular formula is C9H14O2. The second-order valence-corrected chi connectivity index (χ2v) is 3.04. The smallest absolute Gasteiger partial charge is 0.0937 e. The zero-order valence-corrected chi connectivity index (χ0v) is 6.95. The van der Waals surface area contributed by atoms with Gasteiger partial charge in [-0.3, -0.25) is 0 Å². The molecule has 11 heavy (non-hydrogen) atoms. The number of aliphatic hydroxyl groups excluding tert-OH is 1. The Morgan fingerprint density at radius 3 is 2.73 bits per heavy atom. The number of furan rings is 1. The van der Waals surface area contributed by atoms with Gasteiger partial charge in [0, 0.05) is 0 Å². The minimum atomic E-state index is -0.236. The standard InChI is InChI=1S/C9H14O2/c1-7(5-8(2)10)9-3-4-11-6-9/h3-4,6-8,10H,5H2,1-2H3. The van der Waals surface area contributed by atoms with Crippen LogP contribution in [-0.2, 0) is 0 Å². The molecule has 2 atom stereocenters. The third-order valence-corrected chi connectivity index (χ3v) is 1.81. The van der Waals surface area contributed by atoms with Gasteiger partial charge in [0.15, 0.2) is 0 Å². The molecule has 0 spiro atoms. The van der Waals surface area contributed by atoms with E-state index in [9.17, 15) is 0 Å². The third kappa shape index (κ3) is 2.39. The third-order valence-electron chi connectivity index (χ3n) is 1.81. The van der Waals surface area contributed by atoms with Crippen LogP contribution in [0.15, 0.2) is 23.0 Å². The Hall–Kier alpha value is -0.760. The highest BCUT2D eigenvalue weighted by Gasteiger charge is 2.08.